The summed E-state index contributed by atoms with van der Waals surface area (Å²) in [5.41, 5.74) is 2.71. The van der Waals surface area contributed by atoms with Crippen LogP contribution in [-0.2, 0) is 22.9 Å². The number of hydrogen-bond donors (Lipinski definition) is 1. The van der Waals surface area contributed by atoms with Gasteiger partial charge in [0.15, 0.2) is 0 Å². The molecular weight excluding hydrogens is 364 g/mol. The van der Waals surface area contributed by atoms with E-state index >= 15 is 0 Å². The Morgan fingerprint density at radius 3 is 2.52 bits per heavy atom. The van der Waals surface area contributed by atoms with E-state index in [2.05, 4.69) is 23.7 Å². The van der Waals surface area contributed by atoms with E-state index in [1.165, 1.54) is 13.2 Å². The third-order valence-corrected chi connectivity index (χ3v) is 6.46. The van der Waals surface area contributed by atoms with Crippen molar-refractivity contribution >= 4 is 15.7 Å². The zero-order chi connectivity index (χ0) is 19.6. The first-order valence-electron chi connectivity index (χ1n) is 8.87. The first kappa shape index (κ1) is 19.5. The van der Waals surface area contributed by atoms with E-state index in [9.17, 15) is 8.42 Å². The van der Waals surface area contributed by atoms with Gasteiger partial charge in [0.25, 0.3) is 10.0 Å². The number of likely N-dealkylation sites (N-methyl/N-ethyl adjacent to an activating group) is 1. The quantitative estimate of drug-likeness (QED) is 0.821. The molecule has 0 fully saturated rings. The molecule has 0 saturated carbocycles. The molecule has 2 aromatic carbocycles. The molecule has 1 N–H and O–H groups in total. The number of rotatable bonds is 6. The van der Waals surface area contributed by atoms with Crippen molar-refractivity contribution in [2.24, 2.45) is 0 Å². The predicted octanol–water partition coefficient (Wildman–Crippen LogP) is 2.92. The number of ether oxygens (including phenoxy) is 2. The minimum Gasteiger partial charge on any atom is -0.497 e. The third-order valence-electron chi connectivity index (χ3n) is 5.10. The Morgan fingerprint density at radius 2 is 1.85 bits per heavy atom. The van der Waals surface area contributed by atoms with Crippen LogP contribution in [0.1, 0.15) is 17.5 Å². The minimum atomic E-state index is -3.71. The van der Waals surface area contributed by atoms with Gasteiger partial charge in [-0.2, -0.15) is 0 Å². The molecule has 1 aliphatic carbocycles. The van der Waals surface area contributed by atoms with Crippen LogP contribution in [0.25, 0.3) is 0 Å². The van der Waals surface area contributed by atoms with Gasteiger partial charge in [0.2, 0.25) is 0 Å². The van der Waals surface area contributed by atoms with Crippen LogP contribution in [0.5, 0.6) is 11.5 Å². The molecule has 0 bridgehead atoms. The van der Waals surface area contributed by atoms with Crippen molar-refractivity contribution in [2.75, 3.05) is 33.0 Å². The Morgan fingerprint density at radius 1 is 1.07 bits per heavy atom. The van der Waals surface area contributed by atoms with Gasteiger partial charge in [-0.3, -0.25) is 4.72 Å². The largest absolute Gasteiger partial charge is 0.497 e. The molecule has 0 unspecified atom stereocenters. The number of fused-ring (bicyclic) bond motifs is 1. The molecule has 0 aliphatic heterocycles. The number of nitrogens with zero attached hydrogens (tertiary/aromatic N) is 1. The van der Waals surface area contributed by atoms with Gasteiger partial charge in [-0.25, -0.2) is 8.42 Å². The Balaban J connectivity index is 1.97. The summed E-state index contributed by atoms with van der Waals surface area (Å²) in [6.07, 6.45) is 2.60. The van der Waals surface area contributed by atoms with Gasteiger partial charge < -0.3 is 14.4 Å². The van der Waals surface area contributed by atoms with E-state index in [0.29, 0.717) is 17.5 Å². The number of anilines is 1. The standard InChI is InChI=1S/C20H26N2O4S/c1-22(2)14-8-9-17-18(12-14)20(26-4)11-10-19(17)21-27(23,24)16-7-5-6-15(13-16)25-3/h5-7,10-11,13-14,21H,8-9,12H2,1-4H3/t14-/m0/s1. The number of sulfonamides is 1. The Labute approximate surface area is 161 Å². The van der Waals surface area contributed by atoms with E-state index in [1.807, 2.05) is 6.07 Å². The first-order chi connectivity index (χ1) is 12.9. The summed E-state index contributed by atoms with van der Waals surface area (Å²) in [6, 6.07) is 10.5. The van der Waals surface area contributed by atoms with E-state index in [4.69, 9.17) is 9.47 Å². The first-order valence-corrected chi connectivity index (χ1v) is 10.4. The molecule has 1 aliphatic rings. The fourth-order valence-corrected chi connectivity index (χ4v) is 4.66. The molecule has 0 saturated heterocycles. The summed E-state index contributed by atoms with van der Waals surface area (Å²) >= 11 is 0. The van der Waals surface area contributed by atoms with E-state index in [0.717, 1.165) is 36.1 Å². The van der Waals surface area contributed by atoms with E-state index in [-0.39, 0.29) is 4.90 Å². The highest BCUT2D eigenvalue weighted by atomic mass is 32.2. The van der Waals surface area contributed by atoms with Gasteiger partial charge in [-0.1, -0.05) is 6.07 Å². The molecule has 146 valence electrons. The van der Waals surface area contributed by atoms with Crippen LogP contribution in [-0.4, -0.2) is 47.7 Å². The summed E-state index contributed by atoms with van der Waals surface area (Å²) in [4.78, 5) is 2.38. The zero-order valence-electron chi connectivity index (χ0n) is 16.2. The van der Waals surface area contributed by atoms with Crippen molar-refractivity contribution in [3.63, 3.8) is 0 Å². The van der Waals surface area contributed by atoms with Gasteiger partial charge in [-0.05, 0) is 63.2 Å². The molecule has 2 aromatic rings. The Kier molecular flexibility index (Phi) is 5.62. The monoisotopic (exact) mass is 390 g/mol. The maximum Gasteiger partial charge on any atom is 0.262 e. The summed E-state index contributed by atoms with van der Waals surface area (Å²) in [7, 11) is 3.59. The summed E-state index contributed by atoms with van der Waals surface area (Å²) < 4.78 is 39.2. The lowest BCUT2D eigenvalue weighted by atomic mass is 9.86. The highest BCUT2D eigenvalue weighted by Gasteiger charge is 2.27. The summed E-state index contributed by atoms with van der Waals surface area (Å²) in [6.45, 7) is 0. The van der Waals surface area contributed by atoms with E-state index < -0.39 is 10.0 Å². The SMILES string of the molecule is COc1cccc(S(=O)(=O)Nc2ccc(OC)c3c2CC[C@H](N(C)C)C3)c1. The van der Waals surface area contributed by atoms with Crippen molar-refractivity contribution in [3.8, 4) is 11.5 Å². The normalized spacial score (nSPS) is 16.7. The van der Waals surface area contributed by atoms with Crippen molar-refractivity contribution < 1.29 is 17.9 Å². The highest BCUT2D eigenvalue weighted by Crippen LogP contribution is 2.36. The number of benzene rings is 2. The molecule has 27 heavy (non-hydrogen) atoms. The second-order valence-electron chi connectivity index (χ2n) is 6.92. The van der Waals surface area contributed by atoms with Crippen molar-refractivity contribution in [2.45, 2.75) is 30.2 Å². The van der Waals surface area contributed by atoms with Crippen molar-refractivity contribution in [3.05, 3.63) is 47.5 Å². The minimum absolute atomic E-state index is 0.174. The van der Waals surface area contributed by atoms with Gasteiger partial charge in [0.1, 0.15) is 11.5 Å². The molecule has 3 rings (SSSR count). The molecule has 0 heterocycles. The molecular formula is C20H26N2O4S. The average Bonchev–Trinajstić information content (AvgIpc) is 2.67. The van der Waals surface area contributed by atoms with Crippen LogP contribution in [0.15, 0.2) is 41.3 Å². The maximum atomic E-state index is 12.9. The molecule has 1 atom stereocenters. The van der Waals surface area contributed by atoms with Crippen molar-refractivity contribution in [1.29, 1.82) is 0 Å². The van der Waals surface area contributed by atoms with Crippen LogP contribution in [0.4, 0.5) is 5.69 Å². The fourth-order valence-electron chi connectivity index (χ4n) is 3.53. The van der Waals surface area contributed by atoms with Gasteiger partial charge in [0, 0.05) is 17.7 Å². The average molecular weight is 391 g/mol. The molecule has 6 nitrogen and oxygen atoms in total. The highest BCUT2D eigenvalue weighted by molar-refractivity contribution is 7.92. The molecule has 7 heteroatoms. The zero-order valence-corrected chi connectivity index (χ0v) is 17.0. The maximum absolute atomic E-state index is 12.9. The second-order valence-corrected chi connectivity index (χ2v) is 8.60. The van der Waals surface area contributed by atoms with Crippen molar-refractivity contribution in [1.82, 2.24) is 4.90 Å². The number of hydrogen-bond acceptors (Lipinski definition) is 5. The summed E-state index contributed by atoms with van der Waals surface area (Å²) in [5.74, 6) is 1.31. The third kappa shape index (κ3) is 4.04. The van der Waals surface area contributed by atoms with Crippen LogP contribution < -0.4 is 14.2 Å². The van der Waals surface area contributed by atoms with E-state index in [1.54, 1.807) is 31.4 Å². The lowest BCUT2D eigenvalue weighted by molar-refractivity contribution is 0.265. The molecule has 0 amide bonds. The predicted molar refractivity (Wildman–Crippen MR) is 106 cm³/mol. The topological polar surface area (TPSA) is 67.9 Å². The number of nitrogens with one attached hydrogen (secondary N) is 1. The number of methoxy groups -OCH3 is 2. The molecule has 0 radical (unpaired) electrons. The van der Waals surface area contributed by atoms with Crippen LogP contribution in [0.2, 0.25) is 0 Å². The fraction of sp³-hybridized carbons (Fsp3) is 0.400. The van der Waals surface area contributed by atoms with Gasteiger partial charge in [-0.15, -0.1) is 0 Å². The Hall–Kier alpha value is -2.25. The van der Waals surface area contributed by atoms with Crippen LogP contribution >= 0.6 is 0 Å². The van der Waals surface area contributed by atoms with Crippen LogP contribution in [0.3, 0.4) is 0 Å². The lowest BCUT2D eigenvalue weighted by Crippen LogP contribution is -2.34. The van der Waals surface area contributed by atoms with Gasteiger partial charge >= 0.3 is 0 Å². The summed E-state index contributed by atoms with van der Waals surface area (Å²) in [5, 5.41) is 0. The molecule has 0 spiro atoms. The van der Waals surface area contributed by atoms with Crippen LogP contribution in [0, 0.1) is 0 Å². The molecule has 0 aromatic heterocycles. The Bertz CT molecular complexity index is 926. The second kappa shape index (κ2) is 7.78. The smallest absolute Gasteiger partial charge is 0.262 e. The van der Waals surface area contributed by atoms with Gasteiger partial charge in [0.05, 0.1) is 24.8 Å². The lowest BCUT2D eigenvalue weighted by Gasteiger charge is -2.32.